The number of aryl methyl sites for hydroxylation is 2. The molecule has 5 aromatic rings. The highest BCUT2D eigenvalue weighted by atomic mass is 16.3. The quantitative estimate of drug-likeness (QED) is 0.283. The number of hydrogen-bond acceptors (Lipinski definition) is 0. The molecule has 4 aromatic carbocycles. The summed E-state index contributed by atoms with van der Waals surface area (Å²) in [4.78, 5) is 0. The molecule has 1 heteroatoms. The van der Waals surface area contributed by atoms with E-state index in [9.17, 15) is 0 Å². The van der Waals surface area contributed by atoms with E-state index in [1.807, 2.05) is 6.07 Å². The number of benzene rings is 4. The third kappa shape index (κ3) is 3.29. The van der Waals surface area contributed by atoms with E-state index in [1.165, 1.54) is 22.3 Å². The van der Waals surface area contributed by atoms with Crippen molar-refractivity contribution in [2.45, 2.75) is 13.8 Å². The maximum absolute atomic E-state index is 6.57. The average molecular weight is 388 g/mol. The second-order valence-electron chi connectivity index (χ2n) is 7.78. The average Bonchev–Trinajstić information content (AvgIpc) is 2.80. The van der Waals surface area contributed by atoms with Crippen LogP contribution in [-0.2, 0) is 0 Å². The normalized spacial score (nSPS) is 11.0. The summed E-state index contributed by atoms with van der Waals surface area (Å²) in [6.07, 6.45) is 0. The molecule has 30 heavy (non-hydrogen) atoms. The Hall–Kier alpha value is -3.71. The highest BCUT2D eigenvalue weighted by molar-refractivity contribution is 6.05. The van der Waals surface area contributed by atoms with Crippen molar-refractivity contribution in [1.29, 1.82) is 0 Å². The van der Waals surface area contributed by atoms with Crippen molar-refractivity contribution in [1.82, 2.24) is 0 Å². The van der Waals surface area contributed by atoms with Gasteiger partial charge in [-0.15, -0.1) is 0 Å². The lowest BCUT2D eigenvalue weighted by Gasteiger charge is -2.12. The van der Waals surface area contributed by atoms with Gasteiger partial charge in [-0.3, -0.25) is 0 Å². The van der Waals surface area contributed by atoms with Crippen LogP contribution in [0.3, 0.4) is 0 Å². The minimum Gasteiger partial charge on any atom is -0.206 e. The summed E-state index contributed by atoms with van der Waals surface area (Å²) in [7, 11) is 0. The van der Waals surface area contributed by atoms with Crippen LogP contribution >= 0.6 is 0 Å². The first-order valence-electron chi connectivity index (χ1n) is 10.3. The summed E-state index contributed by atoms with van der Waals surface area (Å²) in [5.41, 5.74) is 9.14. The maximum atomic E-state index is 6.57. The molecule has 0 amide bonds. The lowest BCUT2D eigenvalue weighted by atomic mass is 9.88. The predicted molar refractivity (Wildman–Crippen MR) is 126 cm³/mol. The third-order valence-corrected chi connectivity index (χ3v) is 5.53. The first-order valence-corrected chi connectivity index (χ1v) is 10.3. The van der Waals surface area contributed by atoms with Gasteiger partial charge in [0.25, 0.3) is 0 Å². The summed E-state index contributed by atoms with van der Waals surface area (Å²) < 4.78 is 6.57. The van der Waals surface area contributed by atoms with E-state index >= 15 is 0 Å². The largest absolute Gasteiger partial charge is 0.369 e. The Balaban J connectivity index is 1.97. The van der Waals surface area contributed by atoms with Gasteiger partial charge >= 0.3 is 11.3 Å². The molecule has 5 rings (SSSR count). The lowest BCUT2D eigenvalue weighted by molar-refractivity contribution is 0.622. The number of fused-ring (bicyclic) bond motifs is 1. The Kier molecular flexibility index (Phi) is 4.65. The van der Waals surface area contributed by atoms with Gasteiger partial charge in [-0.25, -0.2) is 4.42 Å². The Morgan fingerprint density at radius 3 is 1.73 bits per heavy atom. The van der Waals surface area contributed by atoms with E-state index in [0.29, 0.717) is 0 Å². The molecule has 1 aromatic heterocycles. The summed E-state index contributed by atoms with van der Waals surface area (Å²) in [6.45, 7) is 4.26. The molecule has 0 saturated heterocycles. The fourth-order valence-corrected chi connectivity index (χ4v) is 4.03. The molecule has 0 saturated carbocycles. The van der Waals surface area contributed by atoms with E-state index in [4.69, 9.17) is 4.42 Å². The van der Waals surface area contributed by atoms with Crippen LogP contribution in [0.15, 0.2) is 108 Å². The molecule has 0 N–H and O–H groups in total. The molecule has 0 unspecified atom stereocenters. The van der Waals surface area contributed by atoms with Crippen molar-refractivity contribution in [3.63, 3.8) is 0 Å². The molecule has 0 spiro atoms. The molecule has 0 aliphatic rings. The highest BCUT2D eigenvalue weighted by Gasteiger charge is 2.28. The summed E-state index contributed by atoms with van der Waals surface area (Å²) in [5, 5.41) is 1.14. The van der Waals surface area contributed by atoms with Crippen molar-refractivity contribution in [2.24, 2.45) is 0 Å². The topological polar surface area (TPSA) is 11.3 Å². The highest BCUT2D eigenvalue weighted by Crippen LogP contribution is 2.44. The Morgan fingerprint density at radius 2 is 1.07 bits per heavy atom. The molecular formula is C29H23O+. The zero-order chi connectivity index (χ0) is 20.5. The van der Waals surface area contributed by atoms with E-state index < -0.39 is 0 Å². The lowest BCUT2D eigenvalue weighted by Crippen LogP contribution is -1.93. The van der Waals surface area contributed by atoms with Crippen LogP contribution in [0, 0.1) is 13.8 Å². The molecule has 1 nitrogen and oxygen atoms in total. The van der Waals surface area contributed by atoms with Crippen LogP contribution in [-0.4, -0.2) is 0 Å². The monoisotopic (exact) mass is 387 g/mol. The standard InChI is InChI=1S/C29H23O/c1-20-13-16-23(17-14-20)27-25-19-21(2)15-18-26(25)30-29(24-11-7-4-8-12-24)28(27)22-9-5-3-6-10-22/h3-19H,1-2H3/q+1. The van der Waals surface area contributed by atoms with Crippen LogP contribution in [0.25, 0.3) is 44.5 Å². The van der Waals surface area contributed by atoms with Gasteiger partial charge in [0.05, 0.1) is 16.5 Å². The smallest absolute Gasteiger partial charge is 0.206 e. The minimum atomic E-state index is 0.897. The fraction of sp³-hybridized carbons (Fsp3) is 0.0690. The zero-order valence-corrected chi connectivity index (χ0v) is 17.2. The van der Waals surface area contributed by atoms with Crippen molar-refractivity contribution in [3.05, 3.63) is 114 Å². The van der Waals surface area contributed by atoms with Crippen LogP contribution in [0.4, 0.5) is 0 Å². The molecule has 0 fully saturated rings. The molecule has 0 aliphatic heterocycles. The van der Waals surface area contributed by atoms with Crippen molar-refractivity contribution in [2.75, 3.05) is 0 Å². The minimum absolute atomic E-state index is 0.897. The first-order chi connectivity index (χ1) is 14.7. The fourth-order valence-electron chi connectivity index (χ4n) is 4.03. The van der Waals surface area contributed by atoms with Gasteiger partial charge in [-0.2, -0.15) is 0 Å². The molecule has 0 bridgehead atoms. The van der Waals surface area contributed by atoms with Crippen LogP contribution in [0.1, 0.15) is 11.1 Å². The van der Waals surface area contributed by atoms with E-state index in [1.54, 1.807) is 0 Å². The molecule has 0 radical (unpaired) electrons. The Morgan fingerprint density at radius 1 is 0.500 bits per heavy atom. The number of hydrogen-bond donors (Lipinski definition) is 0. The van der Waals surface area contributed by atoms with E-state index in [-0.39, 0.29) is 0 Å². The van der Waals surface area contributed by atoms with Gasteiger partial charge in [0.15, 0.2) is 0 Å². The molecule has 0 atom stereocenters. The van der Waals surface area contributed by atoms with E-state index in [0.717, 1.165) is 33.4 Å². The van der Waals surface area contributed by atoms with Gasteiger partial charge in [0.1, 0.15) is 0 Å². The van der Waals surface area contributed by atoms with Gasteiger partial charge < -0.3 is 0 Å². The summed E-state index contributed by atoms with van der Waals surface area (Å²) in [6, 6.07) is 36.2. The summed E-state index contributed by atoms with van der Waals surface area (Å²) >= 11 is 0. The van der Waals surface area contributed by atoms with Gasteiger partial charge in [0.2, 0.25) is 0 Å². The van der Waals surface area contributed by atoms with E-state index in [2.05, 4.69) is 111 Å². The SMILES string of the molecule is Cc1ccc(-c2c(-c3ccccc3)c(-c3ccccc3)[o+]c3ccc(C)cc23)cc1. The van der Waals surface area contributed by atoms with Crippen LogP contribution in [0.5, 0.6) is 0 Å². The third-order valence-electron chi connectivity index (χ3n) is 5.53. The van der Waals surface area contributed by atoms with Crippen LogP contribution in [0.2, 0.25) is 0 Å². The number of rotatable bonds is 3. The molecule has 1 heterocycles. The van der Waals surface area contributed by atoms with Gasteiger partial charge in [-0.05, 0) is 54.8 Å². The Bertz CT molecular complexity index is 1320. The maximum Gasteiger partial charge on any atom is 0.369 e. The van der Waals surface area contributed by atoms with Crippen molar-refractivity contribution in [3.8, 4) is 33.6 Å². The summed E-state index contributed by atoms with van der Waals surface area (Å²) in [5.74, 6) is 0.897. The molecule has 0 aliphatic carbocycles. The molecule has 144 valence electrons. The first kappa shape index (κ1) is 18.3. The van der Waals surface area contributed by atoms with Crippen molar-refractivity contribution < 1.29 is 4.42 Å². The van der Waals surface area contributed by atoms with Crippen LogP contribution < -0.4 is 0 Å². The Labute approximate surface area is 177 Å². The van der Waals surface area contributed by atoms with Gasteiger partial charge in [-0.1, -0.05) is 78.4 Å². The van der Waals surface area contributed by atoms with Gasteiger partial charge in [0, 0.05) is 11.6 Å². The van der Waals surface area contributed by atoms with Crippen molar-refractivity contribution >= 4 is 11.0 Å². The second kappa shape index (κ2) is 7.61. The predicted octanol–water partition coefficient (Wildman–Crippen LogP) is 8.33. The second-order valence-corrected chi connectivity index (χ2v) is 7.78. The molecular weight excluding hydrogens is 364 g/mol. The zero-order valence-electron chi connectivity index (χ0n) is 17.2.